The van der Waals surface area contributed by atoms with Gasteiger partial charge in [-0.05, 0) is 55.4 Å². The Bertz CT molecular complexity index is 1140. The molecule has 0 amide bonds. The van der Waals surface area contributed by atoms with Crippen LogP contribution in [0.2, 0.25) is 0 Å². The lowest BCUT2D eigenvalue weighted by Gasteiger charge is -2.46. The number of aryl methyl sites for hydroxylation is 8. The van der Waals surface area contributed by atoms with Gasteiger partial charge in [-0.15, -0.1) is 0 Å². The number of hydrogen-bond acceptors (Lipinski definition) is 0. The minimum Gasteiger partial charge on any atom is -0.333 e. The second kappa shape index (κ2) is 11.3. The van der Waals surface area contributed by atoms with Crippen LogP contribution in [0.4, 0.5) is 0 Å². The molecule has 0 N–H and O–H groups in total. The maximum absolute atomic E-state index is 2.42. The van der Waals surface area contributed by atoms with E-state index in [1.165, 1.54) is 66.4 Å². The molecule has 4 rings (SSSR count). The smallest absolute Gasteiger partial charge is 0.108 e. The Hall–Kier alpha value is -3.10. The van der Waals surface area contributed by atoms with Crippen LogP contribution in [-0.2, 0) is 0 Å². The second-order valence-electron chi connectivity index (χ2n) is 13.2. The van der Waals surface area contributed by atoms with Crippen LogP contribution >= 0.6 is 0 Å². The van der Waals surface area contributed by atoms with Crippen molar-refractivity contribution in [2.75, 3.05) is 28.2 Å². The third-order valence-corrected chi connectivity index (χ3v) is 6.98. The Morgan fingerprint density at radius 2 is 0.447 bits per heavy atom. The molecule has 0 saturated carbocycles. The minimum absolute atomic E-state index is 1.00. The first-order valence-corrected chi connectivity index (χ1v) is 13.9. The van der Waals surface area contributed by atoms with E-state index in [0.29, 0.717) is 0 Å². The van der Waals surface area contributed by atoms with Gasteiger partial charge in [-0.2, -0.15) is 21.9 Å². The summed E-state index contributed by atoms with van der Waals surface area (Å²) in [6.07, 6.45) is -1.37. The monoisotopic (exact) mass is 505 g/mol. The molecule has 1 nitrogen and oxygen atoms in total. The van der Waals surface area contributed by atoms with Crippen molar-refractivity contribution >= 4 is 28.0 Å². The van der Waals surface area contributed by atoms with E-state index in [0.717, 1.165) is 4.48 Å². The van der Waals surface area contributed by atoms with Gasteiger partial charge in [-0.3, -0.25) is 0 Å². The van der Waals surface area contributed by atoms with Gasteiger partial charge in [0.2, 0.25) is 0 Å². The van der Waals surface area contributed by atoms with Crippen molar-refractivity contribution in [3.8, 4) is 0 Å². The molecule has 0 unspecified atom stereocenters. The average Bonchev–Trinajstić information content (AvgIpc) is 2.70. The van der Waals surface area contributed by atoms with Crippen molar-refractivity contribution in [2.24, 2.45) is 0 Å². The number of quaternary nitrogens is 1. The molecule has 0 radical (unpaired) electrons. The van der Waals surface area contributed by atoms with Gasteiger partial charge in [0.05, 0.1) is 28.2 Å². The number of hydrogen-bond donors (Lipinski definition) is 0. The van der Waals surface area contributed by atoms with Crippen molar-refractivity contribution in [1.82, 2.24) is 0 Å². The quantitative estimate of drug-likeness (QED) is 0.241. The fourth-order valence-corrected chi connectivity index (χ4v) is 6.19. The Balaban J connectivity index is 0.000000732. The predicted molar refractivity (Wildman–Crippen MR) is 172 cm³/mol. The molecular weight excluding hydrogens is 457 g/mol. The lowest BCUT2D eigenvalue weighted by molar-refractivity contribution is -0.849. The van der Waals surface area contributed by atoms with Gasteiger partial charge in [0.1, 0.15) is 6.15 Å². The van der Waals surface area contributed by atoms with E-state index in [1.54, 1.807) is 0 Å². The lowest BCUT2D eigenvalue weighted by Crippen LogP contribution is -2.75. The van der Waals surface area contributed by atoms with E-state index in [9.17, 15) is 0 Å². The molecule has 4 aromatic carbocycles. The molecule has 200 valence electrons. The first-order valence-electron chi connectivity index (χ1n) is 13.9. The molecule has 38 heavy (non-hydrogen) atoms. The molecule has 0 bridgehead atoms. The van der Waals surface area contributed by atoms with E-state index in [2.05, 4.69) is 156 Å². The summed E-state index contributed by atoms with van der Waals surface area (Å²) in [6.45, 7) is 17.8. The zero-order valence-corrected chi connectivity index (χ0v) is 26.0. The maximum Gasteiger partial charge on any atom is 0.108 e. The van der Waals surface area contributed by atoms with E-state index >= 15 is 0 Å². The predicted octanol–water partition coefficient (Wildman–Crippen LogP) is 5.85. The lowest BCUT2D eigenvalue weighted by atomic mass is 9.12. The zero-order chi connectivity index (χ0) is 28.4. The number of rotatable bonds is 4. The molecule has 0 fully saturated rings. The van der Waals surface area contributed by atoms with E-state index < -0.39 is 6.15 Å². The Kier molecular flexibility index (Phi) is 8.79. The maximum atomic E-state index is 2.42. The third-order valence-electron chi connectivity index (χ3n) is 6.98. The summed E-state index contributed by atoms with van der Waals surface area (Å²) in [7, 11) is 8.50. The average molecular weight is 506 g/mol. The Morgan fingerprint density at radius 1 is 0.316 bits per heavy atom. The third kappa shape index (κ3) is 7.05. The minimum atomic E-state index is -1.37. The van der Waals surface area contributed by atoms with Gasteiger partial charge >= 0.3 is 0 Å². The van der Waals surface area contributed by atoms with Gasteiger partial charge in [0.15, 0.2) is 0 Å². The molecule has 0 saturated heterocycles. The molecule has 0 aliphatic carbocycles. The molecule has 0 heterocycles. The van der Waals surface area contributed by atoms with Gasteiger partial charge in [0.25, 0.3) is 0 Å². The van der Waals surface area contributed by atoms with Crippen LogP contribution in [0.5, 0.6) is 0 Å². The standard InChI is InChI=1S/C32H36B.C4H12N/c1-21-9-22(2)14-29(13-21)33(30-15-23(3)10-24(4)16-30,31-17-25(5)11-26(6)18-31)32-19-27(7)12-28(8)20-32;1-5(2,3)4/h9-20H,1-8H3;1-4H3/q-1;+1. The topological polar surface area (TPSA) is 0 Å². The Morgan fingerprint density at radius 3 is 0.579 bits per heavy atom. The second-order valence-corrected chi connectivity index (χ2v) is 13.2. The van der Waals surface area contributed by atoms with E-state index in [-0.39, 0.29) is 0 Å². The SMILES string of the molecule is C[N+](C)(C)C.Cc1cc(C)cc([B-](c2cc(C)cc(C)c2)(c2cc(C)cc(C)c2)c2cc(C)cc(C)c2)c1. The van der Waals surface area contributed by atoms with Crippen molar-refractivity contribution < 1.29 is 4.48 Å². The van der Waals surface area contributed by atoms with Gasteiger partial charge in [-0.25, -0.2) is 0 Å². The van der Waals surface area contributed by atoms with Crippen molar-refractivity contribution in [2.45, 2.75) is 55.4 Å². The molecule has 0 aromatic heterocycles. The molecule has 2 heteroatoms. The highest BCUT2D eigenvalue weighted by atomic mass is 15.2. The Labute approximate surface area is 233 Å². The first-order chi connectivity index (χ1) is 17.6. The summed E-state index contributed by atoms with van der Waals surface area (Å²) < 4.78 is 1.00. The normalized spacial score (nSPS) is 11.7. The summed E-state index contributed by atoms with van der Waals surface area (Å²) in [6, 6.07) is 28.5. The summed E-state index contributed by atoms with van der Waals surface area (Å²) in [4.78, 5) is 0. The molecule has 0 aliphatic heterocycles. The van der Waals surface area contributed by atoms with Crippen LogP contribution < -0.4 is 21.9 Å². The van der Waals surface area contributed by atoms with Crippen molar-refractivity contribution in [3.63, 3.8) is 0 Å². The van der Waals surface area contributed by atoms with Crippen molar-refractivity contribution in [3.05, 3.63) is 117 Å². The van der Waals surface area contributed by atoms with E-state index in [1.807, 2.05) is 0 Å². The molecule has 0 aliphatic rings. The van der Waals surface area contributed by atoms with Gasteiger partial charge < -0.3 is 4.48 Å². The fraction of sp³-hybridized carbons (Fsp3) is 0.333. The number of benzene rings is 4. The highest BCUT2D eigenvalue weighted by molar-refractivity contribution is 7.20. The van der Waals surface area contributed by atoms with Crippen LogP contribution in [-0.4, -0.2) is 38.8 Å². The molecule has 0 atom stereocenters. The van der Waals surface area contributed by atoms with E-state index in [4.69, 9.17) is 0 Å². The summed E-state index contributed by atoms with van der Waals surface area (Å²) >= 11 is 0. The van der Waals surface area contributed by atoms with Gasteiger partial charge in [-0.1, -0.05) is 117 Å². The summed E-state index contributed by atoms with van der Waals surface area (Å²) in [5.41, 5.74) is 16.1. The van der Waals surface area contributed by atoms with Crippen LogP contribution in [0.25, 0.3) is 0 Å². The summed E-state index contributed by atoms with van der Waals surface area (Å²) in [5, 5.41) is 0. The van der Waals surface area contributed by atoms with Crippen LogP contribution in [0.1, 0.15) is 44.5 Å². The first kappa shape index (κ1) is 29.5. The highest BCUT2D eigenvalue weighted by Gasteiger charge is 2.33. The van der Waals surface area contributed by atoms with Crippen molar-refractivity contribution in [1.29, 1.82) is 0 Å². The highest BCUT2D eigenvalue weighted by Crippen LogP contribution is 2.17. The fourth-order valence-electron chi connectivity index (χ4n) is 6.19. The largest absolute Gasteiger partial charge is 0.333 e. The van der Waals surface area contributed by atoms with Crippen LogP contribution in [0.15, 0.2) is 72.8 Å². The van der Waals surface area contributed by atoms with Crippen LogP contribution in [0.3, 0.4) is 0 Å². The van der Waals surface area contributed by atoms with Crippen LogP contribution in [0, 0.1) is 55.4 Å². The molecule has 0 spiro atoms. The van der Waals surface area contributed by atoms with Gasteiger partial charge in [0, 0.05) is 0 Å². The molecular formula is C36H48BN. The molecule has 4 aromatic rings. The number of nitrogens with zero attached hydrogens (tertiary/aromatic N) is 1. The zero-order valence-electron chi connectivity index (χ0n) is 26.0. The summed E-state index contributed by atoms with van der Waals surface area (Å²) in [5.74, 6) is 0.